The van der Waals surface area contributed by atoms with Crippen LogP contribution in [-0.2, 0) is 6.54 Å². The zero-order valence-corrected chi connectivity index (χ0v) is 14.4. The average molecular weight is 353 g/mol. The Morgan fingerprint density at radius 2 is 1.95 bits per heavy atom. The van der Waals surface area contributed by atoms with Crippen molar-refractivity contribution in [3.63, 3.8) is 0 Å². The molecule has 0 spiro atoms. The Morgan fingerprint density at radius 3 is 2.62 bits per heavy atom. The third-order valence-electron chi connectivity index (χ3n) is 3.62. The molecule has 1 N–H and O–H groups in total. The predicted molar refractivity (Wildman–Crippen MR) is 86.9 cm³/mol. The van der Waals surface area contributed by atoms with Crippen LogP contribution in [0.1, 0.15) is 19.7 Å². The monoisotopic (exact) mass is 352 g/mol. The first-order valence-electron chi connectivity index (χ1n) is 6.85. The molecule has 2 aromatic rings. The van der Waals surface area contributed by atoms with Gasteiger partial charge in [-0.05, 0) is 56.0 Å². The lowest BCUT2D eigenvalue weighted by atomic mass is 10.0. The second-order valence-electron chi connectivity index (χ2n) is 5.79. The highest BCUT2D eigenvalue weighted by Crippen LogP contribution is 2.26. The minimum Gasteiger partial charge on any atom is -0.419 e. The Bertz CT molecular complexity index is 595. The Labute approximate surface area is 133 Å². The normalized spacial score (nSPS) is 12.1. The van der Waals surface area contributed by atoms with E-state index >= 15 is 0 Å². The van der Waals surface area contributed by atoms with Gasteiger partial charge in [0.25, 0.3) is 0 Å². The lowest BCUT2D eigenvalue weighted by Gasteiger charge is -2.32. The molecule has 0 fully saturated rings. The molecule has 0 aliphatic carbocycles. The van der Waals surface area contributed by atoms with E-state index in [9.17, 15) is 0 Å². The third-order valence-corrected chi connectivity index (χ3v) is 4.31. The number of benzene rings is 1. The van der Waals surface area contributed by atoms with E-state index in [0.717, 1.165) is 16.6 Å². The van der Waals surface area contributed by atoms with Crippen LogP contribution in [0.4, 0.5) is 0 Å². The van der Waals surface area contributed by atoms with Crippen LogP contribution < -0.4 is 5.32 Å². The van der Waals surface area contributed by atoms with Gasteiger partial charge in [0.1, 0.15) is 0 Å². The van der Waals surface area contributed by atoms with E-state index in [-0.39, 0.29) is 5.54 Å². The molecule has 0 saturated carbocycles. The van der Waals surface area contributed by atoms with Crippen LogP contribution in [0.25, 0.3) is 11.5 Å². The average Bonchev–Trinajstić information content (AvgIpc) is 2.87. The van der Waals surface area contributed by atoms with Crippen molar-refractivity contribution in [1.82, 2.24) is 20.4 Å². The van der Waals surface area contributed by atoms with Gasteiger partial charge in [-0.3, -0.25) is 0 Å². The first kappa shape index (κ1) is 16.1. The van der Waals surface area contributed by atoms with Crippen molar-refractivity contribution in [3.8, 4) is 11.5 Å². The molecule has 0 radical (unpaired) electrons. The fourth-order valence-electron chi connectivity index (χ4n) is 1.70. The second-order valence-corrected chi connectivity index (χ2v) is 6.65. The number of halogens is 1. The highest BCUT2D eigenvalue weighted by atomic mass is 79.9. The van der Waals surface area contributed by atoms with Gasteiger partial charge < -0.3 is 14.6 Å². The molecule has 5 nitrogen and oxygen atoms in total. The predicted octanol–water partition coefficient (Wildman–Crippen LogP) is 2.93. The van der Waals surface area contributed by atoms with Gasteiger partial charge >= 0.3 is 0 Å². The van der Waals surface area contributed by atoms with E-state index in [1.165, 1.54) is 0 Å². The van der Waals surface area contributed by atoms with Crippen molar-refractivity contribution < 1.29 is 4.42 Å². The molecule has 0 unspecified atom stereocenters. The fourth-order valence-corrected chi connectivity index (χ4v) is 2.16. The van der Waals surface area contributed by atoms with E-state index in [0.29, 0.717) is 18.3 Å². The minimum atomic E-state index is 0.0747. The summed E-state index contributed by atoms with van der Waals surface area (Å²) in [4.78, 5) is 2.18. The van der Waals surface area contributed by atoms with Gasteiger partial charge in [0, 0.05) is 16.6 Å². The lowest BCUT2D eigenvalue weighted by Crippen LogP contribution is -2.46. The summed E-state index contributed by atoms with van der Waals surface area (Å²) in [6, 6.07) is 7.80. The van der Waals surface area contributed by atoms with Gasteiger partial charge in [-0.15, -0.1) is 10.2 Å². The van der Waals surface area contributed by atoms with E-state index in [1.54, 1.807) is 0 Å². The van der Waals surface area contributed by atoms with Crippen LogP contribution in [0.5, 0.6) is 0 Å². The third kappa shape index (κ3) is 4.12. The molecule has 0 aliphatic heterocycles. The van der Waals surface area contributed by atoms with Crippen LogP contribution >= 0.6 is 15.9 Å². The molecule has 21 heavy (non-hydrogen) atoms. The molecule has 1 aromatic heterocycles. The van der Waals surface area contributed by atoms with Crippen molar-refractivity contribution in [2.45, 2.75) is 25.9 Å². The van der Waals surface area contributed by atoms with Gasteiger partial charge in [0.2, 0.25) is 11.8 Å². The summed E-state index contributed by atoms with van der Waals surface area (Å²) < 4.78 is 6.64. The molecule has 0 saturated heterocycles. The number of nitrogens with zero attached hydrogens (tertiary/aromatic N) is 3. The smallest absolute Gasteiger partial charge is 0.248 e. The molecule has 0 aliphatic rings. The van der Waals surface area contributed by atoms with Crippen LogP contribution in [0.15, 0.2) is 33.2 Å². The zero-order valence-electron chi connectivity index (χ0n) is 12.9. The lowest BCUT2D eigenvalue weighted by molar-refractivity contribution is 0.188. The maximum atomic E-state index is 5.70. The van der Waals surface area contributed by atoms with Crippen LogP contribution in [-0.4, -0.2) is 41.3 Å². The van der Waals surface area contributed by atoms with E-state index in [2.05, 4.69) is 64.3 Å². The van der Waals surface area contributed by atoms with E-state index in [4.69, 9.17) is 4.42 Å². The zero-order chi connectivity index (χ0) is 15.5. The molecule has 2 rings (SSSR count). The number of nitrogens with one attached hydrogen (secondary N) is 1. The summed E-state index contributed by atoms with van der Waals surface area (Å²) in [6.45, 7) is 5.77. The summed E-state index contributed by atoms with van der Waals surface area (Å²) in [5.74, 6) is 1.13. The highest BCUT2D eigenvalue weighted by molar-refractivity contribution is 9.10. The van der Waals surface area contributed by atoms with E-state index < -0.39 is 0 Å². The molecular weight excluding hydrogens is 332 g/mol. The summed E-state index contributed by atoms with van der Waals surface area (Å²) in [5.41, 5.74) is 0.982. The fraction of sp³-hybridized carbons (Fsp3) is 0.467. The van der Waals surface area contributed by atoms with E-state index in [1.807, 2.05) is 24.3 Å². The quantitative estimate of drug-likeness (QED) is 0.866. The second kappa shape index (κ2) is 6.68. The largest absolute Gasteiger partial charge is 0.419 e. The molecular formula is C15H21BrN4O. The number of hydrogen-bond donors (Lipinski definition) is 1. The number of rotatable bonds is 6. The molecule has 6 heteroatoms. The van der Waals surface area contributed by atoms with Gasteiger partial charge in [-0.25, -0.2) is 0 Å². The SMILES string of the molecule is CN(C)C(C)(C)CNCc1nnc(-c2ccccc2Br)o1. The number of hydrogen-bond acceptors (Lipinski definition) is 5. The van der Waals surface area contributed by atoms with Gasteiger partial charge in [-0.1, -0.05) is 12.1 Å². The standard InChI is InChI=1S/C15H21BrN4O/c1-15(2,20(3)4)10-17-9-13-18-19-14(21-13)11-7-5-6-8-12(11)16/h5-8,17H,9-10H2,1-4H3. The van der Waals surface area contributed by atoms with Crippen molar-refractivity contribution in [1.29, 1.82) is 0 Å². The maximum Gasteiger partial charge on any atom is 0.248 e. The van der Waals surface area contributed by atoms with Crippen LogP contribution in [0.3, 0.4) is 0 Å². The van der Waals surface area contributed by atoms with Crippen LogP contribution in [0.2, 0.25) is 0 Å². The number of likely N-dealkylation sites (N-methyl/N-ethyl adjacent to an activating group) is 1. The Balaban J connectivity index is 1.97. The van der Waals surface area contributed by atoms with Gasteiger partial charge in [0.05, 0.1) is 12.1 Å². The topological polar surface area (TPSA) is 54.2 Å². The van der Waals surface area contributed by atoms with Gasteiger partial charge in [-0.2, -0.15) is 0 Å². The number of aromatic nitrogens is 2. The summed E-state index contributed by atoms with van der Waals surface area (Å²) >= 11 is 3.49. The first-order valence-corrected chi connectivity index (χ1v) is 7.65. The molecule has 1 aromatic carbocycles. The Morgan fingerprint density at radius 1 is 1.24 bits per heavy atom. The van der Waals surface area contributed by atoms with Crippen molar-refractivity contribution >= 4 is 15.9 Å². The van der Waals surface area contributed by atoms with Gasteiger partial charge in [0.15, 0.2) is 0 Å². The Kier molecular flexibility index (Phi) is 5.13. The maximum absolute atomic E-state index is 5.70. The molecule has 0 bridgehead atoms. The molecule has 1 heterocycles. The summed E-state index contributed by atoms with van der Waals surface area (Å²) in [6.07, 6.45) is 0. The molecule has 0 amide bonds. The summed E-state index contributed by atoms with van der Waals surface area (Å²) in [7, 11) is 4.14. The Hall–Kier alpha value is -1.24. The highest BCUT2D eigenvalue weighted by Gasteiger charge is 2.20. The summed E-state index contributed by atoms with van der Waals surface area (Å²) in [5, 5.41) is 11.5. The minimum absolute atomic E-state index is 0.0747. The van der Waals surface area contributed by atoms with Crippen LogP contribution in [0, 0.1) is 0 Å². The molecule has 0 atom stereocenters. The van der Waals surface area contributed by atoms with Crippen molar-refractivity contribution in [3.05, 3.63) is 34.6 Å². The van der Waals surface area contributed by atoms with Crippen molar-refractivity contribution in [2.75, 3.05) is 20.6 Å². The van der Waals surface area contributed by atoms with Crippen molar-refractivity contribution in [2.24, 2.45) is 0 Å². The first-order chi connectivity index (χ1) is 9.90. The molecule has 114 valence electrons.